The van der Waals surface area contributed by atoms with Crippen molar-refractivity contribution in [3.05, 3.63) is 30.3 Å². The molecule has 1 aromatic carbocycles. The molecule has 1 aromatic rings. The van der Waals surface area contributed by atoms with Gasteiger partial charge in [-0.2, -0.15) is 0 Å². The fraction of sp³-hybridized carbons (Fsp3) is 0.667. The van der Waals surface area contributed by atoms with Gasteiger partial charge in [-0.15, -0.1) is 0 Å². The topological polar surface area (TPSA) is 24.5 Å². The van der Waals surface area contributed by atoms with E-state index in [9.17, 15) is 0 Å². The number of nitrogens with zero attached hydrogens (tertiary/aromatic N) is 1. The monoisotopic (exact) mass is 290 g/mol. The number of unbranched alkanes of at least 4 members (excludes halogenated alkanes) is 1. The second-order valence-corrected chi connectivity index (χ2v) is 5.85. The summed E-state index contributed by atoms with van der Waals surface area (Å²) in [7, 11) is 0. The number of benzene rings is 1. The Balaban J connectivity index is 1.71. The molecule has 0 aliphatic carbocycles. The molecule has 0 radical (unpaired) electrons. The van der Waals surface area contributed by atoms with Crippen LogP contribution >= 0.6 is 0 Å². The molecule has 0 aromatic heterocycles. The lowest BCUT2D eigenvalue weighted by Crippen LogP contribution is -2.33. The van der Waals surface area contributed by atoms with E-state index in [4.69, 9.17) is 4.74 Å². The molecule has 0 saturated carbocycles. The van der Waals surface area contributed by atoms with Crippen LogP contribution in [0.5, 0.6) is 0 Å². The van der Waals surface area contributed by atoms with Crippen molar-refractivity contribution in [1.29, 1.82) is 0 Å². The molecule has 1 heterocycles. The van der Waals surface area contributed by atoms with Crippen molar-refractivity contribution in [2.45, 2.75) is 45.1 Å². The summed E-state index contributed by atoms with van der Waals surface area (Å²) < 4.78 is 6.01. The number of hydrogen-bond donors (Lipinski definition) is 1. The maximum Gasteiger partial charge on any atom is 0.0599 e. The zero-order valence-corrected chi connectivity index (χ0v) is 13.4. The first-order valence-corrected chi connectivity index (χ1v) is 8.52. The van der Waals surface area contributed by atoms with Gasteiger partial charge >= 0.3 is 0 Å². The summed E-state index contributed by atoms with van der Waals surface area (Å²) in [6.45, 7) is 7.60. The Morgan fingerprint density at radius 1 is 1.10 bits per heavy atom. The highest BCUT2D eigenvalue weighted by Crippen LogP contribution is 2.15. The molecular formula is C18H30N2O. The molecule has 1 aliphatic rings. The summed E-state index contributed by atoms with van der Waals surface area (Å²) in [5.41, 5.74) is 1.34. The molecule has 0 spiro atoms. The number of para-hydroxylation sites is 1. The van der Waals surface area contributed by atoms with E-state index in [1.165, 1.54) is 18.5 Å². The summed E-state index contributed by atoms with van der Waals surface area (Å²) in [6.07, 6.45) is 6.42. The normalized spacial score (nSPS) is 16.0. The van der Waals surface area contributed by atoms with Gasteiger partial charge in [0.1, 0.15) is 0 Å². The quantitative estimate of drug-likeness (QED) is 0.705. The lowest BCUT2D eigenvalue weighted by Gasteiger charge is -2.26. The Morgan fingerprint density at radius 2 is 1.81 bits per heavy atom. The molecule has 1 N–H and O–H groups in total. The highest BCUT2D eigenvalue weighted by Gasteiger charge is 2.13. The second-order valence-electron chi connectivity index (χ2n) is 5.85. The molecule has 0 unspecified atom stereocenters. The van der Waals surface area contributed by atoms with Gasteiger partial charge in [0.15, 0.2) is 0 Å². The smallest absolute Gasteiger partial charge is 0.0599 e. The molecule has 1 aliphatic heterocycles. The molecule has 0 amide bonds. The Labute approximate surface area is 129 Å². The Hall–Kier alpha value is -1.06. The van der Waals surface area contributed by atoms with E-state index in [1.807, 2.05) is 0 Å². The van der Waals surface area contributed by atoms with Gasteiger partial charge in [-0.05, 0) is 50.9 Å². The summed E-state index contributed by atoms with van der Waals surface area (Å²) in [5, 5.41) is 3.38. The summed E-state index contributed by atoms with van der Waals surface area (Å²) >= 11 is 0. The average Bonchev–Trinajstić information content (AvgIpc) is 2.56. The maximum absolute atomic E-state index is 6.01. The van der Waals surface area contributed by atoms with Crippen LogP contribution in [0.1, 0.15) is 39.0 Å². The summed E-state index contributed by atoms with van der Waals surface area (Å²) in [4.78, 5) is 2.50. The van der Waals surface area contributed by atoms with Crippen molar-refractivity contribution in [2.75, 3.05) is 37.7 Å². The minimum Gasteiger partial charge on any atom is -0.378 e. The first-order valence-electron chi connectivity index (χ1n) is 8.52. The maximum atomic E-state index is 6.01. The SMILES string of the molecule is CCCCN(CCCOC1CCNCC1)c1ccccc1. The first kappa shape index (κ1) is 16.3. The lowest BCUT2D eigenvalue weighted by molar-refractivity contribution is 0.0324. The molecule has 0 atom stereocenters. The van der Waals surface area contributed by atoms with E-state index in [-0.39, 0.29) is 0 Å². The van der Waals surface area contributed by atoms with Crippen LogP contribution in [0, 0.1) is 0 Å². The third-order valence-corrected chi connectivity index (χ3v) is 4.12. The molecule has 2 rings (SSSR count). The molecule has 1 saturated heterocycles. The number of nitrogens with one attached hydrogen (secondary N) is 1. The minimum absolute atomic E-state index is 0.479. The van der Waals surface area contributed by atoms with E-state index >= 15 is 0 Å². The van der Waals surface area contributed by atoms with Crippen LogP contribution in [0.3, 0.4) is 0 Å². The average molecular weight is 290 g/mol. The van der Waals surface area contributed by atoms with Gasteiger partial charge in [-0.25, -0.2) is 0 Å². The van der Waals surface area contributed by atoms with Crippen LogP contribution in [-0.4, -0.2) is 38.9 Å². The molecule has 3 nitrogen and oxygen atoms in total. The number of piperidine rings is 1. The van der Waals surface area contributed by atoms with E-state index in [0.29, 0.717) is 6.10 Å². The van der Waals surface area contributed by atoms with Gasteiger partial charge in [0.2, 0.25) is 0 Å². The fourth-order valence-electron chi connectivity index (χ4n) is 2.83. The Morgan fingerprint density at radius 3 is 2.52 bits per heavy atom. The van der Waals surface area contributed by atoms with Crippen molar-refractivity contribution < 1.29 is 4.74 Å². The number of rotatable bonds is 9. The number of anilines is 1. The van der Waals surface area contributed by atoms with Crippen LogP contribution in [0.2, 0.25) is 0 Å². The van der Waals surface area contributed by atoms with Gasteiger partial charge in [0.05, 0.1) is 6.10 Å². The Kier molecular flexibility index (Phi) is 7.61. The zero-order chi connectivity index (χ0) is 14.8. The zero-order valence-electron chi connectivity index (χ0n) is 13.4. The molecule has 1 fully saturated rings. The standard InChI is InChI=1S/C18H30N2O/c1-2-3-14-20(17-8-5-4-6-9-17)15-7-16-21-18-10-12-19-13-11-18/h4-6,8-9,18-19H,2-3,7,10-16H2,1H3. The van der Waals surface area contributed by atoms with Crippen LogP contribution in [0.4, 0.5) is 5.69 Å². The van der Waals surface area contributed by atoms with Crippen molar-refractivity contribution in [2.24, 2.45) is 0 Å². The van der Waals surface area contributed by atoms with Crippen LogP contribution in [0.25, 0.3) is 0 Å². The lowest BCUT2D eigenvalue weighted by atomic mass is 10.1. The molecule has 3 heteroatoms. The Bertz CT molecular complexity index is 363. The van der Waals surface area contributed by atoms with Crippen LogP contribution in [0.15, 0.2) is 30.3 Å². The molecule has 0 bridgehead atoms. The van der Waals surface area contributed by atoms with Gasteiger partial charge in [0.25, 0.3) is 0 Å². The highest BCUT2D eigenvalue weighted by molar-refractivity contribution is 5.45. The van der Waals surface area contributed by atoms with E-state index in [0.717, 1.165) is 52.0 Å². The fourth-order valence-corrected chi connectivity index (χ4v) is 2.83. The number of ether oxygens (including phenoxy) is 1. The van der Waals surface area contributed by atoms with Gasteiger partial charge in [0, 0.05) is 25.4 Å². The second kappa shape index (κ2) is 9.80. The van der Waals surface area contributed by atoms with Crippen molar-refractivity contribution in [3.63, 3.8) is 0 Å². The van der Waals surface area contributed by atoms with E-state index in [2.05, 4.69) is 47.5 Å². The summed E-state index contributed by atoms with van der Waals surface area (Å²) in [5.74, 6) is 0. The molecule has 118 valence electrons. The minimum atomic E-state index is 0.479. The molecule has 21 heavy (non-hydrogen) atoms. The van der Waals surface area contributed by atoms with E-state index < -0.39 is 0 Å². The van der Waals surface area contributed by atoms with Gasteiger partial charge < -0.3 is 15.0 Å². The van der Waals surface area contributed by atoms with Gasteiger partial charge in [-0.1, -0.05) is 31.5 Å². The van der Waals surface area contributed by atoms with Crippen molar-refractivity contribution in [3.8, 4) is 0 Å². The van der Waals surface area contributed by atoms with Crippen molar-refractivity contribution >= 4 is 5.69 Å². The summed E-state index contributed by atoms with van der Waals surface area (Å²) in [6, 6.07) is 10.8. The molecular weight excluding hydrogens is 260 g/mol. The van der Waals surface area contributed by atoms with Crippen molar-refractivity contribution in [1.82, 2.24) is 5.32 Å². The predicted octanol–water partition coefficient (Wildman–Crippen LogP) is 3.45. The van der Waals surface area contributed by atoms with Crippen LogP contribution in [-0.2, 0) is 4.74 Å². The predicted molar refractivity (Wildman–Crippen MR) is 90.0 cm³/mol. The highest BCUT2D eigenvalue weighted by atomic mass is 16.5. The third-order valence-electron chi connectivity index (χ3n) is 4.12. The largest absolute Gasteiger partial charge is 0.378 e. The van der Waals surface area contributed by atoms with E-state index in [1.54, 1.807) is 0 Å². The van der Waals surface area contributed by atoms with Gasteiger partial charge in [-0.3, -0.25) is 0 Å². The third kappa shape index (κ3) is 6.06. The van der Waals surface area contributed by atoms with Crippen LogP contribution < -0.4 is 10.2 Å². The first-order chi connectivity index (χ1) is 10.4. The number of hydrogen-bond acceptors (Lipinski definition) is 3.